The number of hydrogen-bond acceptors (Lipinski definition) is 2. The Kier molecular flexibility index (Phi) is 2.88. The van der Waals surface area contributed by atoms with Gasteiger partial charge >= 0.3 is 0 Å². The summed E-state index contributed by atoms with van der Waals surface area (Å²) in [5.41, 5.74) is 3.21. The molecule has 0 amide bonds. The highest BCUT2D eigenvalue weighted by atomic mass is 15.2. The van der Waals surface area contributed by atoms with Crippen LogP contribution in [-0.2, 0) is 0 Å². The molecule has 126 valence electrons. The number of fused-ring (bicyclic) bond motifs is 6. The molecule has 0 saturated heterocycles. The minimum Gasteiger partial charge on any atom is -0.278 e. The lowest BCUT2D eigenvalue weighted by Gasteiger charge is -2.07. The van der Waals surface area contributed by atoms with E-state index in [9.17, 15) is 0 Å². The molecule has 4 aromatic carbocycles. The van der Waals surface area contributed by atoms with Gasteiger partial charge in [0.05, 0.1) is 16.6 Å². The molecule has 0 spiro atoms. The number of benzene rings is 4. The van der Waals surface area contributed by atoms with Crippen molar-refractivity contribution in [2.24, 2.45) is 0 Å². The minimum atomic E-state index is 0.704. The summed E-state index contributed by atoms with van der Waals surface area (Å²) in [5.74, 6) is 0.704. The standard InChI is InChI=1S/C24H15N3/c1-3-9-18-16(7-1)13-14-22-23(18)19-10-4-6-12-21(19)27(22)24-25-15-17-8-2-5-11-20(17)26-24/h1-15H. The van der Waals surface area contributed by atoms with Gasteiger partial charge in [0, 0.05) is 22.4 Å². The smallest absolute Gasteiger partial charge is 0.235 e. The quantitative estimate of drug-likeness (QED) is 0.372. The van der Waals surface area contributed by atoms with Crippen molar-refractivity contribution in [3.63, 3.8) is 0 Å². The molecule has 0 aliphatic heterocycles. The van der Waals surface area contributed by atoms with E-state index in [1.807, 2.05) is 30.5 Å². The van der Waals surface area contributed by atoms with Crippen molar-refractivity contribution in [1.82, 2.24) is 14.5 Å². The summed E-state index contributed by atoms with van der Waals surface area (Å²) in [6.45, 7) is 0. The van der Waals surface area contributed by atoms with E-state index in [4.69, 9.17) is 4.98 Å². The summed E-state index contributed by atoms with van der Waals surface area (Å²) in [6.07, 6.45) is 1.90. The second-order valence-corrected chi connectivity index (χ2v) is 6.76. The molecule has 2 heterocycles. The first-order valence-electron chi connectivity index (χ1n) is 9.03. The highest BCUT2D eigenvalue weighted by Crippen LogP contribution is 2.36. The lowest BCUT2D eigenvalue weighted by Crippen LogP contribution is -2.00. The largest absolute Gasteiger partial charge is 0.278 e. The molecule has 3 heteroatoms. The Morgan fingerprint density at radius 3 is 2.26 bits per heavy atom. The van der Waals surface area contributed by atoms with Gasteiger partial charge in [-0.05, 0) is 29.0 Å². The van der Waals surface area contributed by atoms with Crippen LogP contribution >= 0.6 is 0 Å². The maximum Gasteiger partial charge on any atom is 0.235 e. The number of para-hydroxylation sites is 2. The van der Waals surface area contributed by atoms with Crippen LogP contribution in [0.4, 0.5) is 0 Å². The molecule has 0 saturated carbocycles. The Bertz CT molecular complexity index is 1480. The lowest BCUT2D eigenvalue weighted by molar-refractivity contribution is 1.01. The summed E-state index contributed by atoms with van der Waals surface area (Å²) >= 11 is 0. The predicted octanol–water partition coefficient (Wildman–Crippen LogP) is 5.88. The van der Waals surface area contributed by atoms with Gasteiger partial charge in [-0.2, -0.15) is 0 Å². The van der Waals surface area contributed by atoms with Gasteiger partial charge in [-0.3, -0.25) is 4.57 Å². The van der Waals surface area contributed by atoms with E-state index in [1.54, 1.807) is 0 Å². The highest BCUT2D eigenvalue weighted by molar-refractivity contribution is 6.21. The molecule has 27 heavy (non-hydrogen) atoms. The third-order valence-electron chi connectivity index (χ3n) is 5.24. The molecule has 3 nitrogen and oxygen atoms in total. The highest BCUT2D eigenvalue weighted by Gasteiger charge is 2.15. The van der Waals surface area contributed by atoms with E-state index in [2.05, 4.69) is 70.2 Å². The van der Waals surface area contributed by atoms with Crippen molar-refractivity contribution in [3.8, 4) is 5.95 Å². The fourth-order valence-corrected chi connectivity index (χ4v) is 4.02. The molecular formula is C24H15N3. The first-order valence-corrected chi connectivity index (χ1v) is 9.03. The van der Waals surface area contributed by atoms with E-state index in [-0.39, 0.29) is 0 Å². The van der Waals surface area contributed by atoms with Crippen LogP contribution in [0.15, 0.2) is 91.1 Å². The van der Waals surface area contributed by atoms with Gasteiger partial charge < -0.3 is 0 Å². The summed E-state index contributed by atoms with van der Waals surface area (Å²) in [6, 6.07) is 29.5. The number of aromatic nitrogens is 3. The van der Waals surface area contributed by atoms with Crippen LogP contribution in [0.3, 0.4) is 0 Å². The van der Waals surface area contributed by atoms with E-state index in [1.165, 1.54) is 21.5 Å². The van der Waals surface area contributed by atoms with E-state index in [0.717, 1.165) is 21.9 Å². The molecule has 0 bridgehead atoms. The summed E-state index contributed by atoms with van der Waals surface area (Å²) < 4.78 is 2.17. The van der Waals surface area contributed by atoms with Crippen LogP contribution < -0.4 is 0 Å². The Morgan fingerprint density at radius 1 is 0.593 bits per heavy atom. The van der Waals surface area contributed by atoms with Crippen molar-refractivity contribution in [2.75, 3.05) is 0 Å². The van der Waals surface area contributed by atoms with Gasteiger partial charge in [-0.15, -0.1) is 0 Å². The van der Waals surface area contributed by atoms with E-state index < -0.39 is 0 Å². The van der Waals surface area contributed by atoms with Crippen molar-refractivity contribution in [2.45, 2.75) is 0 Å². The molecule has 6 aromatic rings. The Hall–Kier alpha value is -3.72. The summed E-state index contributed by atoms with van der Waals surface area (Å²) in [5, 5.41) is 6.02. The molecule has 0 N–H and O–H groups in total. The Morgan fingerprint density at radius 2 is 1.33 bits per heavy atom. The lowest BCUT2D eigenvalue weighted by atomic mass is 10.0. The van der Waals surface area contributed by atoms with Crippen molar-refractivity contribution >= 4 is 43.5 Å². The maximum absolute atomic E-state index is 4.85. The fourth-order valence-electron chi connectivity index (χ4n) is 4.02. The monoisotopic (exact) mass is 345 g/mol. The fraction of sp³-hybridized carbons (Fsp3) is 0. The summed E-state index contributed by atoms with van der Waals surface area (Å²) in [7, 11) is 0. The first kappa shape index (κ1) is 14.4. The second-order valence-electron chi connectivity index (χ2n) is 6.76. The van der Waals surface area contributed by atoms with Crippen LogP contribution in [0.1, 0.15) is 0 Å². The normalized spacial score (nSPS) is 11.7. The van der Waals surface area contributed by atoms with Crippen molar-refractivity contribution < 1.29 is 0 Å². The molecule has 0 fully saturated rings. The summed E-state index contributed by atoms with van der Waals surface area (Å²) in [4.78, 5) is 9.53. The SMILES string of the molecule is c1ccc2nc(-n3c4ccccc4c4c5ccccc5ccc43)ncc2c1. The molecule has 2 aromatic heterocycles. The second kappa shape index (κ2) is 5.39. The third kappa shape index (κ3) is 2.02. The zero-order valence-corrected chi connectivity index (χ0v) is 14.5. The Balaban J connectivity index is 1.81. The first-order chi connectivity index (χ1) is 13.4. The zero-order chi connectivity index (χ0) is 17.8. The third-order valence-corrected chi connectivity index (χ3v) is 5.24. The molecule has 0 atom stereocenters. The molecular weight excluding hydrogens is 330 g/mol. The zero-order valence-electron chi connectivity index (χ0n) is 14.5. The van der Waals surface area contributed by atoms with E-state index >= 15 is 0 Å². The average Bonchev–Trinajstić information content (AvgIpc) is 3.08. The molecule has 0 aliphatic rings. The van der Waals surface area contributed by atoms with Gasteiger partial charge in [-0.1, -0.05) is 66.7 Å². The molecule has 6 rings (SSSR count). The van der Waals surface area contributed by atoms with Crippen LogP contribution in [0.5, 0.6) is 0 Å². The van der Waals surface area contributed by atoms with Crippen LogP contribution in [0.2, 0.25) is 0 Å². The molecule has 0 radical (unpaired) electrons. The van der Waals surface area contributed by atoms with Gasteiger partial charge in [0.1, 0.15) is 0 Å². The molecule has 0 aliphatic carbocycles. The average molecular weight is 345 g/mol. The maximum atomic E-state index is 4.85. The minimum absolute atomic E-state index is 0.704. The van der Waals surface area contributed by atoms with Gasteiger partial charge in [-0.25, -0.2) is 9.97 Å². The number of nitrogens with zero attached hydrogens (tertiary/aromatic N) is 3. The number of rotatable bonds is 1. The van der Waals surface area contributed by atoms with E-state index in [0.29, 0.717) is 5.95 Å². The van der Waals surface area contributed by atoms with Crippen LogP contribution in [-0.4, -0.2) is 14.5 Å². The molecule has 0 unspecified atom stereocenters. The number of hydrogen-bond donors (Lipinski definition) is 0. The topological polar surface area (TPSA) is 30.7 Å². The predicted molar refractivity (Wildman–Crippen MR) is 111 cm³/mol. The van der Waals surface area contributed by atoms with Crippen molar-refractivity contribution in [1.29, 1.82) is 0 Å². The van der Waals surface area contributed by atoms with Gasteiger partial charge in [0.2, 0.25) is 5.95 Å². The Labute approximate surface area is 155 Å². The van der Waals surface area contributed by atoms with Crippen molar-refractivity contribution in [3.05, 3.63) is 91.1 Å². The van der Waals surface area contributed by atoms with Crippen LogP contribution in [0.25, 0.3) is 49.4 Å². The van der Waals surface area contributed by atoms with Crippen LogP contribution in [0, 0.1) is 0 Å². The van der Waals surface area contributed by atoms with Gasteiger partial charge in [0.25, 0.3) is 0 Å². The van der Waals surface area contributed by atoms with Gasteiger partial charge in [0.15, 0.2) is 0 Å².